The van der Waals surface area contributed by atoms with E-state index in [0.29, 0.717) is 6.04 Å². The maximum Gasteiger partial charge on any atom is 0.223 e. The molecule has 134 valence electrons. The van der Waals surface area contributed by atoms with Gasteiger partial charge in [-0.2, -0.15) is 11.8 Å². The van der Waals surface area contributed by atoms with Crippen LogP contribution in [0.2, 0.25) is 0 Å². The molecule has 0 aromatic carbocycles. The first-order valence-electron chi connectivity index (χ1n) is 8.60. The summed E-state index contributed by atoms with van der Waals surface area (Å²) in [4.78, 5) is 16.5. The molecule has 1 aliphatic carbocycles. The van der Waals surface area contributed by atoms with Crippen molar-refractivity contribution >= 4 is 23.6 Å². The first-order valence-corrected chi connectivity index (χ1v) is 9.82. The maximum absolute atomic E-state index is 12.2. The summed E-state index contributed by atoms with van der Waals surface area (Å²) in [5.74, 6) is 1.14. The van der Waals surface area contributed by atoms with Gasteiger partial charge in [-0.15, -0.1) is 0 Å². The molecule has 0 bridgehead atoms. The zero-order chi connectivity index (χ0) is 17.5. The van der Waals surface area contributed by atoms with Crippen LogP contribution in [0.5, 0.6) is 0 Å². The number of rotatable bonds is 6. The van der Waals surface area contributed by atoms with Crippen LogP contribution >= 0.6 is 11.8 Å². The number of thioether (sulfide) groups is 1. The van der Waals surface area contributed by atoms with Crippen molar-refractivity contribution < 1.29 is 4.79 Å². The Morgan fingerprint density at radius 3 is 2.61 bits per heavy atom. The molecule has 1 aliphatic rings. The summed E-state index contributed by atoms with van der Waals surface area (Å²) in [5, 5.41) is 9.93. The van der Waals surface area contributed by atoms with Gasteiger partial charge in [0.15, 0.2) is 5.96 Å². The lowest BCUT2D eigenvalue weighted by Crippen LogP contribution is -2.49. The van der Waals surface area contributed by atoms with E-state index in [0.717, 1.165) is 38.2 Å². The standard InChI is InChI=1S/C17H34N4OS/c1-12(2)20-15(22)13-8-7-9-14(10-13)21-16(18-5)19-11-17(3,4)23-6/h12-14H,7-11H2,1-6H3,(H,20,22)(H2,18,19,21). The second-order valence-corrected chi connectivity index (χ2v) is 8.77. The minimum atomic E-state index is 0.115. The highest BCUT2D eigenvalue weighted by Crippen LogP contribution is 2.25. The van der Waals surface area contributed by atoms with E-state index in [4.69, 9.17) is 0 Å². The van der Waals surface area contributed by atoms with Gasteiger partial charge in [0, 0.05) is 36.3 Å². The summed E-state index contributed by atoms with van der Waals surface area (Å²) in [6, 6.07) is 0.522. The van der Waals surface area contributed by atoms with Gasteiger partial charge in [0.05, 0.1) is 0 Å². The monoisotopic (exact) mass is 342 g/mol. The summed E-state index contributed by atoms with van der Waals surface area (Å²) in [6.07, 6.45) is 6.17. The van der Waals surface area contributed by atoms with Gasteiger partial charge >= 0.3 is 0 Å². The Hall–Kier alpha value is -0.910. The number of carbonyl (C=O) groups excluding carboxylic acids is 1. The molecule has 0 radical (unpaired) electrons. The topological polar surface area (TPSA) is 65.5 Å². The molecular weight excluding hydrogens is 308 g/mol. The predicted molar refractivity (Wildman–Crippen MR) is 101 cm³/mol. The van der Waals surface area contributed by atoms with Crippen molar-refractivity contribution in [2.75, 3.05) is 19.8 Å². The molecular formula is C17H34N4OS. The normalized spacial score (nSPS) is 22.8. The number of amides is 1. The minimum Gasteiger partial charge on any atom is -0.355 e. The molecule has 0 saturated heterocycles. The summed E-state index contributed by atoms with van der Waals surface area (Å²) in [5.41, 5.74) is 0. The van der Waals surface area contributed by atoms with Gasteiger partial charge in [-0.3, -0.25) is 9.79 Å². The third kappa shape index (κ3) is 7.46. The number of guanidine groups is 1. The van der Waals surface area contributed by atoms with Gasteiger partial charge in [0.2, 0.25) is 5.91 Å². The molecule has 23 heavy (non-hydrogen) atoms. The Labute approximate surface area is 145 Å². The fourth-order valence-corrected chi connectivity index (χ4v) is 2.93. The third-order valence-corrected chi connectivity index (χ3v) is 5.52. The first kappa shape index (κ1) is 20.1. The first-order chi connectivity index (χ1) is 10.8. The second-order valence-electron chi connectivity index (χ2n) is 7.26. The van der Waals surface area contributed by atoms with E-state index in [1.807, 2.05) is 25.6 Å². The Kier molecular flexibility index (Phi) is 8.23. The number of nitrogens with one attached hydrogen (secondary N) is 3. The molecule has 1 fully saturated rings. The van der Waals surface area contributed by atoms with Gasteiger partial charge < -0.3 is 16.0 Å². The summed E-state index contributed by atoms with van der Waals surface area (Å²) in [6.45, 7) is 9.30. The van der Waals surface area contributed by atoms with Crippen LogP contribution < -0.4 is 16.0 Å². The molecule has 2 atom stereocenters. The molecule has 0 aliphatic heterocycles. The lowest BCUT2D eigenvalue weighted by Gasteiger charge is -2.31. The number of carbonyl (C=O) groups is 1. The van der Waals surface area contributed by atoms with Crippen LogP contribution in [0, 0.1) is 5.92 Å². The molecule has 0 aromatic heterocycles. The highest BCUT2D eigenvalue weighted by atomic mass is 32.2. The summed E-state index contributed by atoms with van der Waals surface area (Å²) >= 11 is 1.84. The van der Waals surface area contributed by atoms with Crippen LogP contribution in [0.4, 0.5) is 0 Å². The molecule has 5 nitrogen and oxygen atoms in total. The maximum atomic E-state index is 12.2. The Bertz CT molecular complexity index is 409. The van der Waals surface area contributed by atoms with Crippen LogP contribution in [0.1, 0.15) is 53.4 Å². The van der Waals surface area contributed by atoms with E-state index in [-0.39, 0.29) is 22.6 Å². The van der Waals surface area contributed by atoms with Gasteiger partial charge in [-0.1, -0.05) is 6.42 Å². The van der Waals surface area contributed by atoms with Crippen LogP contribution in [0.15, 0.2) is 4.99 Å². The number of aliphatic imine (C=N–C) groups is 1. The van der Waals surface area contributed by atoms with Crippen molar-refractivity contribution in [1.82, 2.24) is 16.0 Å². The molecule has 0 heterocycles. The van der Waals surface area contributed by atoms with E-state index in [1.165, 1.54) is 0 Å². The van der Waals surface area contributed by atoms with Crippen LogP contribution in [0.25, 0.3) is 0 Å². The smallest absolute Gasteiger partial charge is 0.223 e. The molecule has 0 spiro atoms. The molecule has 3 N–H and O–H groups in total. The van der Waals surface area contributed by atoms with Crippen LogP contribution in [-0.2, 0) is 4.79 Å². The average molecular weight is 343 g/mol. The highest BCUT2D eigenvalue weighted by Gasteiger charge is 2.28. The van der Waals surface area contributed by atoms with Crippen molar-refractivity contribution in [3.05, 3.63) is 0 Å². The lowest BCUT2D eigenvalue weighted by molar-refractivity contribution is -0.126. The Morgan fingerprint density at radius 1 is 1.35 bits per heavy atom. The van der Waals surface area contributed by atoms with Crippen molar-refractivity contribution in [3.8, 4) is 0 Å². The molecule has 6 heteroatoms. The largest absolute Gasteiger partial charge is 0.355 e. The van der Waals surface area contributed by atoms with Crippen molar-refractivity contribution in [2.45, 2.75) is 70.2 Å². The van der Waals surface area contributed by atoms with Gasteiger partial charge in [-0.05, 0) is 53.2 Å². The van der Waals surface area contributed by atoms with Crippen LogP contribution in [-0.4, -0.2) is 48.5 Å². The molecule has 1 saturated carbocycles. The van der Waals surface area contributed by atoms with Crippen LogP contribution in [0.3, 0.4) is 0 Å². The molecule has 1 rings (SSSR count). The van der Waals surface area contributed by atoms with E-state index in [9.17, 15) is 4.79 Å². The zero-order valence-corrected chi connectivity index (χ0v) is 16.3. The molecule has 0 aromatic rings. The van der Waals surface area contributed by atoms with E-state index >= 15 is 0 Å². The van der Waals surface area contributed by atoms with E-state index in [2.05, 4.69) is 41.0 Å². The van der Waals surface area contributed by atoms with E-state index < -0.39 is 0 Å². The van der Waals surface area contributed by atoms with Crippen molar-refractivity contribution in [1.29, 1.82) is 0 Å². The fraction of sp³-hybridized carbons (Fsp3) is 0.882. The van der Waals surface area contributed by atoms with Gasteiger partial charge in [-0.25, -0.2) is 0 Å². The number of hydrogen-bond acceptors (Lipinski definition) is 3. The number of hydrogen-bond donors (Lipinski definition) is 3. The third-order valence-electron chi connectivity index (χ3n) is 4.27. The fourth-order valence-electron chi connectivity index (χ4n) is 2.72. The van der Waals surface area contributed by atoms with E-state index in [1.54, 1.807) is 7.05 Å². The second kappa shape index (κ2) is 9.40. The Morgan fingerprint density at radius 2 is 2.04 bits per heavy atom. The quantitative estimate of drug-likeness (QED) is 0.512. The Balaban J connectivity index is 2.50. The van der Waals surface area contributed by atoms with Crippen molar-refractivity contribution in [2.24, 2.45) is 10.9 Å². The number of nitrogens with zero attached hydrogens (tertiary/aromatic N) is 1. The SMILES string of the molecule is CN=C(NCC(C)(C)SC)NC1CCCC(C(=O)NC(C)C)C1. The highest BCUT2D eigenvalue weighted by molar-refractivity contribution is 7.99. The average Bonchev–Trinajstić information content (AvgIpc) is 2.51. The van der Waals surface area contributed by atoms with Gasteiger partial charge in [0.25, 0.3) is 0 Å². The molecule has 1 amide bonds. The summed E-state index contributed by atoms with van der Waals surface area (Å²) in [7, 11) is 1.80. The predicted octanol–water partition coefficient (Wildman–Crippen LogP) is 2.38. The molecule has 2 unspecified atom stereocenters. The van der Waals surface area contributed by atoms with Crippen molar-refractivity contribution in [3.63, 3.8) is 0 Å². The zero-order valence-electron chi connectivity index (χ0n) is 15.5. The lowest BCUT2D eigenvalue weighted by atomic mass is 9.85. The minimum absolute atomic E-state index is 0.115. The summed E-state index contributed by atoms with van der Waals surface area (Å²) < 4.78 is 0.171. The van der Waals surface area contributed by atoms with Gasteiger partial charge in [0.1, 0.15) is 0 Å².